The van der Waals surface area contributed by atoms with Gasteiger partial charge in [-0.3, -0.25) is 9.69 Å². The number of benzene rings is 3. The van der Waals surface area contributed by atoms with Crippen LogP contribution in [0.2, 0.25) is 0 Å². The SMILES string of the molecule is CN(CCCCCCCCCCN1CC2=C(C1=O)[C@@H](c1ccc(C#N)cc1)NC(=O)N2c1cccc(C(F)(F)F)c1)C1C2CCC1C(OC(=O)C(O)(c1ccccc1)C1CCCCC1)C2. The standard InChI is InChI=1S/C52H62F3N5O5/c1-58(47-37-27-28-42(47)44(31-37)65-49(62)51(64,38-17-10-8-11-18-38)39-19-12-9-13-20-39)29-14-6-4-2-3-5-7-15-30-59-34-43-45(48(59)61)46(36-25-23-35(33-56)24-26-36)57-50(63)60(43)41-22-16-21-40(32-41)52(53,54)55/h8,10-11,16-18,21-26,32,37,39,42,44,46-47,64H,2-7,9,12-15,19-20,27-31,34H2,1H3,(H,57,63)/t37?,42?,44?,46-,47?,51?/m1/s1. The number of ether oxygens (including phenoxy) is 1. The molecule has 6 atom stereocenters. The average molecular weight is 894 g/mol. The number of hydrogen-bond acceptors (Lipinski definition) is 7. The van der Waals surface area contributed by atoms with E-state index in [0.717, 1.165) is 121 Å². The lowest BCUT2D eigenvalue weighted by atomic mass is 9.73. The first kappa shape index (κ1) is 46.3. The molecular formula is C52H62F3N5O5. The third-order valence-corrected chi connectivity index (χ3v) is 15.0. The van der Waals surface area contributed by atoms with Crippen LogP contribution in [0.3, 0.4) is 0 Å². The van der Waals surface area contributed by atoms with Crippen LogP contribution in [0.25, 0.3) is 0 Å². The molecule has 5 unspecified atom stereocenters. The minimum Gasteiger partial charge on any atom is -0.460 e. The van der Waals surface area contributed by atoms with E-state index in [1.165, 1.54) is 17.0 Å². The first-order chi connectivity index (χ1) is 31.4. The van der Waals surface area contributed by atoms with Crippen LogP contribution in [-0.2, 0) is 26.1 Å². The molecule has 2 N–H and O–H groups in total. The highest BCUT2D eigenvalue weighted by Crippen LogP contribution is 2.50. The van der Waals surface area contributed by atoms with Crippen LogP contribution in [0.4, 0.5) is 23.7 Å². The number of hydrogen-bond donors (Lipinski definition) is 2. The Morgan fingerprint density at radius 2 is 1.54 bits per heavy atom. The number of alkyl halides is 3. The number of anilines is 1. The molecule has 3 fully saturated rings. The Hall–Kier alpha value is -5.19. The molecule has 3 aromatic carbocycles. The highest BCUT2D eigenvalue weighted by atomic mass is 19.4. The number of nitrogens with zero attached hydrogens (tertiary/aromatic N) is 4. The Balaban J connectivity index is 0.774. The van der Waals surface area contributed by atoms with Crippen LogP contribution < -0.4 is 10.2 Å². The fraction of sp³-hybridized carbons (Fsp3) is 0.538. The lowest BCUT2D eigenvalue weighted by Crippen LogP contribution is -2.47. The average Bonchev–Trinajstić information content (AvgIpc) is 4.00. The molecule has 10 nitrogen and oxygen atoms in total. The fourth-order valence-corrected chi connectivity index (χ4v) is 11.7. The number of halogens is 3. The Bertz CT molecular complexity index is 2240. The molecule has 5 aliphatic rings. The summed E-state index contributed by atoms with van der Waals surface area (Å²) in [6, 6.07) is 21.6. The number of carbonyl (C=O) groups excluding carboxylic acids is 3. The summed E-state index contributed by atoms with van der Waals surface area (Å²) in [6.45, 7) is 1.56. The summed E-state index contributed by atoms with van der Waals surface area (Å²) in [7, 11) is 2.21. The van der Waals surface area contributed by atoms with Crippen LogP contribution in [0, 0.1) is 29.1 Å². The summed E-state index contributed by atoms with van der Waals surface area (Å²) >= 11 is 0. The zero-order valence-electron chi connectivity index (χ0n) is 37.4. The van der Waals surface area contributed by atoms with E-state index in [1.54, 1.807) is 29.2 Å². The number of esters is 1. The first-order valence-electron chi connectivity index (χ1n) is 23.9. The zero-order chi connectivity index (χ0) is 45.7. The third-order valence-electron chi connectivity index (χ3n) is 15.0. The molecule has 3 amide bonds. The lowest BCUT2D eigenvalue weighted by molar-refractivity contribution is -0.184. The summed E-state index contributed by atoms with van der Waals surface area (Å²) in [5, 5.41) is 24.2. The minimum absolute atomic E-state index is 0.0324. The van der Waals surface area contributed by atoms with Gasteiger partial charge in [-0.1, -0.05) is 106 Å². The normalized spacial score (nSPS) is 24.3. The van der Waals surface area contributed by atoms with Crippen LogP contribution in [0.15, 0.2) is 90.1 Å². The molecule has 3 saturated carbocycles. The molecule has 3 aliphatic carbocycles. The molecule has 0 radical (unpaired) electrons. The Morgan fingerprint density at radius 1 is 0.862 bits per heavy atom. The number of unbranched alkanes of at least 4 members (excludes halogenated alkanes) is 7. The predicted molar refractivity (Wildman–Crippen MR) is 241 cm³/mol. The van der Waals surface area contributed by atoms with E-state index in [4.69, 9.17) is 4.74 Å². The van der Waals surface area contributed by atoms with E-state index in [2.05, 4.69) is 23.3 Å². The quantitative estimate of drug-likeness (QED) is 0.0962. The Morgan fingerprint density at radius 3 is 2.23 bits per heavy atom. The number of carbonyl (C=O) groups is 3. The zero-order valence-corrected chi connectivity index (χ0v) is 37.4. The van der Waals surface area contributed by atoms with E-state index in [-0.39, 0.29) is 36.1 Å². The van der Waals surface area contributed by atoms with Gasteiger partial charge in [-0.25, -0.2) is 9.59 Å². The smallest absolute Gasteiger partial charge is 0.416 e. The van der Waals surface area contributed by atoms with Crippen molar-refractivity contribution in [3.63, 3.8) is 0 Å². The summed E-state index contributed by atoms with van der Waals surface area (Å²) in [5.41, 5.74) is -0.105. The Labute approximate surface area is 380 Å². The molecule has 0 spiro atoms. The second-order valence-corrected chi connectivity index (χ2v) is 19.0. The van der Waals surface area contributed by atoms with Gasteiger partial charge in [-0.2, -0.15) is 18.4 Å². The number of fused-ring (bicyclic) bond motifs is 2. The number of amides is 3. The molecule has 0 saturated heterocycles. The number of nitriles is 1. The van der Waals surface area contributed by atoms with Crippen molar-refractivity contribution in [3.8, 4) is 6.07 Å². The van der Waals surface area contributed by atoms with Gasteiger partial charge in [0.25, 0.3) is 5.91 Å². The maximum Gasteiger partial charge on any atom is 0.416 e. The van der Waals surface area contributed by atoms with E-state index in [9.17, 15) is 37.9 Å². The van der Waals surface area contributed by atoms with Crippen molar-refractivity contribution >= 4 is 23.6 Å². The number of urea groups is 1. The van der Waals surface area contributed by atoms with Gasteiger partial charge in [-0.15, -0.1) is 0 Å². The van der Waals surface area contributed by atoms with E-state index in [1.807, 2.05) is 30.3 Å². The molecule has 2 heterocycles. The predicted octanol–water partition coefficient (Wildman–Crippen LogP) is 10.2. The summed E-state index contributed by atoms with van der Waals surface area (Å²) in [4.78, 5) is 47.0. The van der Waals surface area contributed by atoms with Crippen molar-refractivity contribution in [1.29, 1.82) is 5.26 Å². The van der Waals surface area contributed by atoms with Crippen molar-refractivity contribution in [2.24, 2.45) is 17.8 Å². The number of aliphatic hydroxyl groups is 1. The number of rotatable bonds is 18. The third kappa shape index (κ3) is 9.85. The van der Waals surface area contributed by atoms with Crippen molar-refractivity contribution < 1.29 is 37.4 Å². The van der Waals surface area contributed by atoms with Crippen LogP contribution in [0.5, 0.6) is 0 Å². The molecule has 346 valence electrons. The van der Waals surface area contributed by atoms with E-state index in [0.29, 0.717) is 46.5 Å². The van der Waals surface area contributed by atoms with Crippen molar-refractivity contribution in [3.05, 3.63) is 112 Å². The molecule has 2 aliphatic heterocycles. The largest absolute Gasteiger partial charge is 0.460 e. The van der Waals surface area contributed by atoms with Gasteiger partial charge in [0.1, 0.15) is 6.10 Å². The van der Waals surface area contributed by atoms with E-state index < -0.39 is 35.4 Å². The maximum atomic E-state index is 14.0. The van der Waals surface area contributed by atoms with E-state index >= 15 is 0 Å². The van der Waals surface area contributed by atoms with Gasteiger partial charge in [-0.05, 0) is 106 Å². The van der Waals surface area contributed by atoms with Gasteiger partial charge in [0.05, 0.1) is 46.7 Å². The van der Waals surface area contributed by atoms with Gasteiger partial charge in [0, 0.05) is 24.4 Å². The first-order valence-corrected chi connectivity index (χ1v) is 23.9. The molecule has 0 aromatic heterocycles. The van der Waals surface area contributed by atoms with Gasteiger partial charge >= 0.3 is 18.2 Å². The van der Waals surface area contributed by atoms with Crippen molar-refractivity contribution in [1.82, 2.24) is 15.1 Å². The van der Waals surface area contributed by atoms with Crippen LogP contribution in [-0.4, -0.2) is 71.6 Å². The van der Waals surface area contributed by atoms with Crippen LogP contribution >= 0.6 is 0 Å². The molecule has 65 heavy (non-hydrogen) atoms. The second-order valence-electron chi connectivity index (χ2n) is 19.0. The monoisotopic (exact) mass is 893 g/mol. The molecule has 2 bridgehead atoms. The maximum absolute atomic E-state index is 14.0. The minimum atomic E-state index is -4.60. The fourth-order valence-electron chi connectivity index (χ4n) is 11.7. The molecule has 8 rings (SSSR count). The van der Waals surface area contributed by atoms with Gasteiger partial charge < -0.3 is 25.0 Å². The van der Waals surface area contributed by atoms with Crippen molar-refractivity contribution in [2.45, 2.75) is 133 Å². The Kier molecular flexibility index (Phi) is 14.4. The molecule has 13 heteroatoms. The van der Waals surface area contributed by atoms with Gasteiger partial charge in [0.15, 0.2) is 5.60 Å². The molecule has 3 aromatic rings. The summed E-state index contributed by atoms with van der Waals surface area (Å²) in [6.07, 6.45) is 11.4. The highest BCUT2D eigenvalue weighted by molar-refractivity contribution is 6.07. The second kappa shape index (κ2) is 20.1. The molecular weight excluding hydrogens is 832 g/mol. The van der Waals surface area contributed by atoms with Crippen LogP contribution in [0.1, 0.15) is 131 Å². The van der Waals surface area contributed by atoms with Crippen molar-refractivity contribution in [2.75, 3.05) is 31.6 Å². The lowest BCUT2D eigenvalue weighted by Gasteiger charge is -2.38. The summed E-state index contributed by atoms with van der Waals surface area (Å²) in [5.74, 6) is -0.0775. The highest BCUT2D eigenvalue weighted by Gasteiger charge is 2.54. The van der Waals surface area contributed by atoms with Gasteiger partial charge in [0.2, 0.25) is 0 Å². The number of nitrogens with one attached hydrogen (secondary N) is 1. The topological polar surface area (TPSA) is 126 Å². The summed E-state index contributed by atoms with van der Waals surface area (Å²) < 4.78 is 47.4.